The van der Waals surface area contributed by atoms with Gasteiger partial charge in [0.15, 0.2) is 0 Å². The van der Waals surface area contributed by atoms with E-state index < -0.39 is 15.6 Å². The third kappa shape index (κ3) is 3.40. The summed E-state index contributed by atoms with van der Waals surface area (Å²) in [5.74, 6) is -0.231. The van der Waals surface area contributed by atoms with Crippen LogP contribution in [0.1, 0.15) is 33.1 Å². The highest BCUT2D eigenvalue weighted by Crippen LogP contribution is 2.48. The van der Waals surface area contributed by atoms with Crippen molar-refractivity contribution in [3.8, 4) is 0 Å². The minimum absolute atomic E-state index is 0.104. The Morgan fingerprint density at radius 2 is 1.94 bits per heavy atom. The van der Waals surface area contributed by atoms with Crippen LogP contribution in [0, 0.1) is 5.41 Å². The predicted molar refractivity (Wildman–Crippen MR) is 51.8 cm³/mol. The average molecular weight is 258 g/mol. The van der Waals surface area contributed by atoms with Gasteiger partial charge in [-0.25, -0.2) is 0 Å². The molecule has 0 aromatic carbocycles. The maximum atomic E-state index is 11.9. The van der Waals surface area contributed by atoms with Gasteiger partial charge in [0, 0.05) is 0 Å². The molecule has 1 aliphatic carbocycles. The van der Waals surface area contributed by atoms with Gasteiger partial charge in [-0.1, -0.05) is 6.92 Å². The van der Waals surface area contributed by atoms with Crippen LogP contribution in [0.2, 0.25) is 0 Å². The average Bonchev–Trinajstić information content (AvgIpc) is 2.79. The Bertz CT molecular complexity index is 391. The number of halogens is 3. The quantitative estimate of drug-likeness (QED) is 0.442. The molecule has 0 aromatic heterocycles. The largest absolute Gasteiger partial charge is 0.534 e. The molecule has 3 nitrogen and oxygen atoms in total. The Kier molecular flexibility index (Phi) is 3.29. The van der Waals surface area contributed by atoms with Crippen LogP contribution in [-0.2, 0) is 14.3 Å². The maximum Gasteiger partial charge on any atom is 0.534 e. The summed E-state index contributed by atoms with van der Waals surface area (Å²) in [6, 6.07) is 0. The lowest BCUT2D eigenvalue weighted by Crippen LogP contribution is -2.24. The van der Waals surface area contributed by atoms with Gasteiger partial charge < -0.3 is 4.18 Å². The first kappa shape index (κ1) is 13.3. The number of hydrogen-bond acceptors (Lipinski definition) is 3. The van der Waals surface area contributed by atoms with Gasteiger partial charge in [0.1, 0.15) is 5.76 Å². The first-order chi connectivity index (χ1) is 7.06. The lowest BCUT2D eigenvalue weighted by molar-refractivity contribution is -0.0521. The Labute approximate surface area is 92.4 Å². The van der Waals surface area contributed by atoms with Crippen LogP contribution in [-0.4, -0.2) is 13.9 Å². The first-order valence-corrected chi connectivity index (χ1v) is 6.14. The molecule has 0 bridgehead atoms. The molecule has 0 unspecified atom stereocenters. The molecule has 1 rings (SSSR count). The van der Waals surface area contributed by atoms with E-state index in [0.29, 0.717) is 6.42 Å². The molecule has 1 fully saturated rings. The molecule has 0 spiro atoms. The molecule has 0 heterocycles. The highest BCUT2D eigenvalue weighted by atomic mass is 32.2. The van der Waals surface area contributed by atoms with Crippen molar-refractivity contribution in [1.82, 2.24) is 0 Å². The Balaban J connectivity index is 2.60. The van der Waals surface area contributed by atoms with Crippen LogP contribution in [0.15, 0.2) is 11.8 Å². The summed E-state index contributed by atoms with van der Waals surface area (Å²) in [6.45, 7) is 3.18. The van der Waals surface area contributed by atoms with Gasteiger partial charge in [0.2, 0.25) is 0 Å². The third-order valence-corrected chi connectivity index (χ3v) is 3.56. The normalized spacial score (nSPS) is 20.7. The van der Waals surface area contributed by atoms with E-state index >= 15 is 0 Å². The van der Waals surface area contributed by atoms with Crippen molar-refractivity contribution in [2.24, 2.45) is 5.41 Å². The molecular weight excluding hydrogens is 245 g/mol. The van der Waals surface area contributed by atoms with Crippen LogP contribution >= 0.6 is 0 Å². The fourth-order valence-electron chi connectivity index (χ4n) is 1.06. The highest BCUT2D eigenvalue weighted by molar-refractivity contribution is 7.87. The summed E-state index contributed by atoms with van der Waals surface area (Å²) in [7, 11) is -5.51. The Morgan fingerprint density at radius 1 is 1.44 bits per heavy atom. The SMILES string of the molecule is C/C(=C\CC1(C)CC1)OS(=O)(=O)C(F)(F)F. The summed E-state index contributed by atoms with van der Waals surface area (Å²) in [5.41, 5.74) is -5.27. The van der Waals surface area contributed by atoms with E-state index in [1.54, 1.807) is 0 Å². The molecule has 0 aliphatic heterocycles. The van der Waals surface area contributed by atoms with E-state index in [9.17, 15) is 21.6 Å². The second kappa shape index (κ2) is 3.94. The Hall–Kier alpha value is -0.720. The lowest BCUT2D eigenvalue weighted by atomic mass is 10.1. The second-order valence-electron chi connectivity index (χ2n) is 4.31. The Morgan fingerprint density at radius 3 is 2.31 bits per heavy atom. The molecule has 1 saturated carbocycles. The monoisotopic (exact) mass is 258 g/mol. The number of alkyl halides is 3. The molecule has 7 heteroatoms. The lowest BCUT2D eigenvalue weighted by Gasteiger charge is -2.10. The molecule has 16 heavy (non-hydrogen) atoms. The maximum absolute atomic E-state index is 11.9. The van der Waals surface area contributed by atoms with Crippen molar-refractivity contribution in [2.45, 2.75) is 38.6 Å². The summed E-state index contributed by atoms with van der Waals surface area (Å²) in [5, 5.41) is 0. The van der Waals surface area contributed by atoms with Gasteiger partial charge >= 0.3 is 15.6 Å². The summed E-state index contributed by atoms with van der Waals surface area (Å²) in [6.07, 6.45) is 3.92. The van der Waals surface area contributed by atoms with Gasteiger partial charge in [0.25, 0.3) is 0 Å². The van der Waals surface area contributed by atoms with Crippen LogP contribution < -0.4 is 0 Å². The molecule has 0 atom stereocenters. The molecular formula is C9H13F3O3S. The van der Waals surface area contributed by atoms with Crippen LogP contribution in [0.5, 0.6) is 0 Å². The molecule has 0 amide bonds. The van der Waals surface area contributed by atoms with E-state index in [4.69, 9.17) is 0 Å². The number of rotatable bonds is 4. The van der Waals surface area contributed by atoms with Crippen molar-refractivity contribution in [3.05, 3.63) is 11.8 Å². The summed E-state index contributed by atoms with van der Waals surface area (Å²) in [4.78, 5) is 0. The van der Waals surface area contributed by atoms with E-state index in [2.05, 4.69) is 4.18 Å². The van der Waals surface area contributed by atoms with Gasteiger partial charge in [-0.2, -0.15) is 21.6 Å². The smallest absolute Gasteiger partial charge is 0.381 e. The van der Waals surface area contributed by atoms with Gasteiger partial charge in [-0.15, -0.1) is 0 Å². The van der Waals surface area contributed by atoms with Crippen molar-refractivity contribution in [2.75, 3.05) is 0 Å². The molecule has 94 valence electrons. The zero-order valence-corrected chi connectivity index (χ0v) is 9.78. The minimum atomic E-state index is -5.51. The van der Waals surface area contributed by atoms with E-state index in [1.807, 2.05) is 6.92 Å². The van der Waals surface area contributed by atoms with Gasteiger partial charge in [0.05, 0.1) is 0 Å². The molecule has 0 radical (unpaired) electrons. The zero-order valence-electron chi connectivity index (χ0n) is 8.97. The van der Waals surface area contributed by atoms with Crippen molar-refractivity contribution < 1.29 is 25.8 Å². The van der Waals surface area contributed by atoms with Crippen LogP contribution in [0.4, 0.5) is 13.2 Å². The van der Waals surface area contributed by atoms with E-state index in [1.165, 1.54) is 13.0 Å². The predicted octanol–water partition coefficient (Wildman–Crippen LogP) is 2.95. The summed E-state index contributed by atoms with van der Waals surface area (Å²) >= 11 is 0. The third-order valence-electron chi connectivity index (χ3n) is 2.51. The zero-order chi connectivity index (χ0) is 12.6. The van der Waals surface area contributed by atoms with Gasteiger partial charge in [-0.05, 0) is 37.7 Å². The topological polar surface area (TPSA) is 43.4 Å². The van der Waals surface area contributed by atoms with E-state index in [-0.39, 0.29) is 11.2 Å². The standard InChI is InChI=1S/C9H13F3O3S/c1-7(3-4-8(2)5-6-8)15-16(13,14)9(10,11)12/h3H,4-6H2,1-2H3/b7-3+. The van der Waals surface area contributed by atoms with Crippen LogP contribution in [0.25, 0.3) is 0 Å². The van der Waals surface area contributed by atoms with Crippen molar-refractivity contribution in [3.63, 3.8) is 0 Å². The highest BCUT2D eigenvalue weighted by Gasteiger charge is 2.48. The molecule has 0 aromatic rings. The second-order valence-corrected chi connectivity index (χ2v) is 5.85. The molecule has 0 saturated heterocycles. The van der Waals surface area contributed by atoms with E-state index in [0.717, 1.165) is 12.8 Å². The van der Waals surface area contributed by atoms with Crippen molar-refractivity contribution in [1.29, 1.82) is 0 Å². The first-order valence-electron chi connectivity index (χ1n) is 4.73. The summed E-state index contributed by atoms with van der Waals surface area (Å²) < 4.78 is 61.0. The fraction of sp³-hybridized carbons (Fsp3) is 0.778. The van der Waals surface area contributed by atoms with Gasteiger partial charge in [-0.3, -0.25) is 0 Å². The fourth-order valence-corrected chi connectivity index (χ4v) is 1.57. The number of hydrogen-bond donors (Lipinski definition) is 0. The molecule has 1 aliphatic rings. The van der Waals surface area contributed by atoms with Crippen molar-refractivity contribution >= 4 is 10.1 Å². The van der Waals surface area contributed by atoms with Crippen LogP contribution in [0.3, 0.4) is 0 Å². The molecule has 0 N–H and O–H groups in total. The minimum Gasteiger partial charge on any atom is -0.381 e. The number of allylic oxidation sites excluding steroid dienone is 2.